The number of benzene rings is 2. The van der Waals surface area contributed by atoms with E-state index in [9.17, 15) is 13.2 Å². The van der Waals surface area contributed by atoms with Crippen LogP contribution < -0.4 is 5.32 Å². The second-order valence-corrected chi connectivity index (χ2v) is 8.83. The normalized spacial score (nSPS) is 11.4. The van der Waals surface area contributed by atoms with E-state index in [1.165, 1.54) is 6.07 Å². The third-order valence-corrected chi connectivity index (χ3v) is 6.33. The third-order valence-electron chi connectivity index (χ3n) is 4.54. The van der Waals surface area contributed by atoms with Gasteiger partial charge in [0, 0.05) is 27.5 Å². The fourth-order valence-electron chi connectivity index (χ4n) is 2.98. The summed E-state index contributed by atoms with van der Waals surface area (Å²) in [5.41, 5.74) is 2.11. The highest BCUT2D eigenvalue weighted by molar-refractivity contribution is 9.10. The number of rotatable bonds is 5. The molecule has 0 aliphatic heterocycles. The summed E-state index contributed by atoms with van der Waals surface area (Å²) in [5, 5.41) is 3.13. The first-order valence-corrected chi connectivity index (χ1v) is 11.4. The molecule has 30 heavy (non-hydrogen) atoms. The van der Waals surface area contributed by atoms with Crippen LogP contribution in [0.1, 0.15) is 16.7 Å². The molecule has 1 N–H and O–H groups in total. The Kier molecular flexibility index (Phi) is 7.21. The first-order chi connectivity index (χ1) is 14.2. The maximum Gasteiger partial charge on any atom is 0.416 e. The summed E-state index contributed by atoms with van der Waals surface area (Å²) in [5.74, 6) is 0.431. The number of aromatic nitrogens is 1. The van der Waals surface area contributed by atoms with Gasteiger partial charge in [0.15, 0.2) is 0 Å². The second kappa shape index (κ2) is 9.49. The summed E-state index contributed by atoms with van der Waals surface area (Å²) < 4.78 is 40.3. The highest BCUT2D eigenvalue weighted by Gasteiger charge is 2.31. The molecule has 2 aromatic carbocycles. The Bertz CT molecular complexity index is 1070. The van der Waals surface area contributed by atoms with Crippen LogP contribution in [0.2, 0.25) is 0 Å². The lowest BCUT2D eigenvalue weighted by Gasteiger charge is -2.17. The van der Waals surface area contributed by atoms with Crippen LogP contribution in [-0.2, 0) is 12.6 Å². The van der Waals surface area contributed by atoms with E-state index in [1.807, 2.05) is 37.4 Å². The average Bonchev–Trinajstić information content (AvgIpc) is 2.71. The molecule has 0 aliphatic rings. The van der Waals surface area contributed by atoms with Crippen molar-refractivity contribution in [3.8, 4) is 11.1 Å². The number of halogens is 4. The number of hydrogen-bond acceptors (Lipinski definition) is 3. The summed E-state index contributed by atoms with van der Waals surface area (Å²) in [6.07, 6.45) is -0.291. The molecule has 0 bridgehead atoms. The molecule has 0 amide bonds. The minimum Gasteiger partial charge on any atom is -0.334 e. The molecule has 1 heterocycles. The predicted molar refractivity (Wildman–Crippen MR) is 125 cm³/mol. The number of nitrogens with zero attached hydrogens (tertiary/aromatic N) is 1. The van der Waals surface area contributed by atoms with E-state index < -0.39 is 11.7 Å². The summed E-state index contributed by atoms with van der Waals surface area (Å²) in [7, 11) is 0. The van der Waals surface area contributed by atoms with Crippen molar-refractivity contribution in [2.24, 2.45) is 0 Å². The lowest BCUT2D eigenvalue weighted by Crippen LogP contribution is -2.14. The summed E-state index contributed by atoms with van der Waals surface area (Å²) in [4.78, 5) is 6.08. The first kappa shape index (κ1) is 22.8. The average molecular weight is 511 g/mol. The number of thiocarbonyl (C=S) groups is 1. The van der Waals surface area contributed by atoms with Gasteiger partial charge in [-0.1, -0.05) is 36.5 Å². The Balaban J connectivity index is 1.92. The lowest BCUT2D eigenvalue weighted by atomic mass is 9.99. The molecule has 0 spiro atoms. The highest BCUT2D eigenvalue weighted by Crippen LogP contribution is 2.37. The van der Waals surface area contributed by atoms with Gasteiger partial charge in [-0.15, -0.1) is 11.8 Å². The molecule has 0 unspecified atom stereocenters. The van der Waals surface area contributed by atoms with E-state index in [1.54, 1.807) is 24.0 Å². The van der Waals surface area contributed by atoms with Gasteiger partial charge in [-0.05, 0) is 70.1 Å². The molecule has 0 saturated carbocycles. The Morgan fingerprint density at radius 2 is 1.87 bits per heavy atom. The van der Waals surface area contributed by atoms with Crippen molar-refractivity contribution in [3.63, 3.8) is 0 Å². The van der Waals surface area contributed by atoms with Crippen LogP contribution >= 0.6 is 39.9 Å². The smallest absolute Gasteiger partial charge is 0.334 e. The zero-order valence-electron chi connectivity index (χ0n) is 16.2. The zero-order valence-corrected chi connectivity index (χ0v) is 19.4. The number of thioether (sulfide) groups is 1. The predicted octanol–water partition coefficient (Wildman–Crippen LogP) is 7.54. The molecule has 0 saturated heterocycles. The Morgan fingerprint density at radius 3 is 2.50 bits per heavy atom. The monoisotopic (exact) mass is 510 g/mol. The van der Waals surface area contributed by atoms with Crippen LogP contribution in [0.5, 0.6) is 0 Å². The first-order valence-electron chi connectivity index (χ1n) is 8.94. The molecule has 0 aliphatic carbocycles. The topological polar surface area (TPSA) is 24.9 Å². The van der Waals surface area contributed by atoms with Crippen LogP contribution in [0.3, 0.4) is 0 Å². The number of hydrogen-bond donors (Lipinski definition) is 1. The largest absolute Gasteiger partial charge is 0.416 e. The third kappa shape index (κ3) is 5.42. The van der Waals surface area contributed by atoms with Gasteiger partial charge >= 0.3 is 6.18 Å². The summed E-state index contributed by atoms with van der Waals surface area (Å²) in [6, 6.07) is 13.3. The SMILES string of the molecule is CSc1ccc(CC(=S)Nc2ncc(Br)c(C)c2-c2cccc(C(F)(F)F)c2)cc1. The lowest BCUT2D eigenvalue weighted by molar-refractivity contribution is -0.137. The van der Waals surface area contributed by atoms with Crippen molar-refractivity contribution < 1.29 is 13.2 Å². The van der Waals surface area contributed by atoms with Crippen LogP contribution in [0, 0.1) is 6.92 Å². The minimum atomic E-state index is -4.42. The number of anilines is 1. The molecule has 156 valence electrons. The van der Waals surface area contributed by atoms with Gasteiger partial charge < -0.3 is 5.32 Å². The van der Waals surface area contributed by atoms with Crippen molar-refractivity contribution in [3.05, 3.63) is 75.9 Å². The van der Waals surface area contributed by atoms with Gasteiger partial charge in [-0.25, -0.2) is 4.98 Å². The minimum absolute atomic E-state index is 0.422. The maximum absolute atomic E-state index is 13.2. The molecule has 0 atom stereocenters. The molecule has 2 nitrogen and oxygen atoms in total. The van der Waals surface area contributed by atoms with Crippen LogP contribution in [0.15, 0.2) is 64.1 Å². The van der Waals surface area contributed by atoms with Crippen LogP contribution in [-0.4, -0.2) is 16.2 Å². The van der Waals surface area contributed by atoms with E-state index in [0.29, 0.717) is 32.8 Å². The van der Waals surface area contributed by atoms with E-state index in [2.05, 4.69) is 26.2 Å². The fraction of sp³-hybridized carbons (Fsp3) is 0.182. The molecule has 0 radical (unpaired) electrons. The highest BCUT2D eigenvalue weighted by atomic mass is 79.9. The number of pyridine rings is 1. The molecule has 1 aromatic heterocycles. The van der Waals surface area contributed by atoms with Crippen molar-refractivity contribution in [2.45, 2.75) is 24.4 Å². The summed E-state index contributed by atoms with van der Waals surface area (Å²) in [6.45, 7) is 1.83. The van der Waals surface area contributed by atoms with Crippen LogP contribution in [0.4, 0.5) is 19.0 Å². The van der Waals surface area contributed by atoms with Gasteiger partial charge in [0.05, 0.1) is 10.6 Å². The Morgan fingerprint density at radius 1 is 1.17 bits per heavy atom. The summed E-state index contributed by atoms with van der Waals surface area (Å²) >= 11 is 10.6. The molecular formula is C22H18BrF3N2S2. The van der Waals surface area contributed by atoms with E-state index >= 15 is 0 Å². The maximum atomic E-state index is 13.2. The molecular weight excluding hydrogens is 493 g/mol. The molecule has 3 aromatic rings. The second-order valence-electron chi connectivity index (χ2n) is 6.61. The van der Waals surface area contributed by atoms with Gasteiger partial charge in [-0.3, -0.25) is 0 Å². The van der Waals surface area contributed by atoms with E-state index in [0.717, 1.165) is 28.2 Å². The Labute approximate surface area is 191 Å². The Hall–Kier alpha value is -1.90. The molecule has 3 rings (SSSR count). The van der Waals surface area contributed by atoms with Crippen molar-refractivity contribution in [1.82, 2.24) is 4.98 Å². The standard InChI is InChI=1S/C22H18BrF3N2S2/c1-13-18(23)12-27-21(20(13)15-4-3-5-16(11-15)22(24,25)26)28-19(29)10-14-6-8-17(30-2)9-7-14/h3-9,11-12H,10H2,1-2H3,(H,27,28,29). The number of nitrogens with one attached hydrogen (secondary N) is 1. The van der Waals surface area contributed by atoms with Crippen molar-refractivity contribution >= 4 is 50.7 Å². The van der Waals surface area contributed by atoms with Gasteiger partial charge in [0.2, 0.25) is 0 Å². The van der Waals surface area contributed by atoms with Gasteiger partial charge in [0.1, 0.15) is 5.82 Å². The van der Waals surface area contributed by atoms with E-state index in [-0.39, 0.29) is 0 Å². The quantitative estimate of drug-likeness (QED) is 0.283. The van der Waals surface area contributed by atoms with Crippen molar-refractivity contribution in [1.29, 1.82) is 0 Å². The van der Waals surface area contributed by atoms with Crippen LogP contribution in [0.25, 0.3) is 11.1 Å². The van der Waals surface area contributed by atoms with Crippen molar-refractivity contribution in [2.75, 3.05) is 11.6 Å². The van der Waals surface area contributed by atoms with Gasteiger partial charge in [0.25, 0.3) is 0 Å². The number of alkyl halides is 3. The molecule has 8 heteroatoms. The molecule has 0 fully saturated rings. The van der Waals surface area contributed by atoms with Gasteiger partial charge in [-0.2, -0.15) is 13.2 Å². The zero-order chi connectivity index (χ0) is 21.9. The fourth-order valence-corrected chi connectivity index (χ4v) is 3.96. The van der Waals surface area contributed by atoms with E-state index in [4.69, 9.17) is 12.2 Å².